The Kier molecular flexibility index (Phi) is 5.92. The maximum Gasteiger partial charge on any atom is 0.398 e. The summed E-state index contributed by atoms with van der Waals surface area (Å²) in [6, 6.07) is 3.85. The maximum atomic E-state index is 13.6. The number of aliphatic imine (C=N–C) groups is 1. The van der Waals surface area contributed by atoms with Crippen molar-refractivity contribution in [3.63, 3.8) is 0 Å². The molecule has 1 aromatic rings. The minimum absolute atomic E-state index is 0.0571. The van der Waals surface area contributed by atoms with Gasteiger partial charge < -0.3 is 26.6 Å². The summed E-state index contributed by atoms with van der Waals surface area (Å²) in [5, 5.41) is 28.5. The third kappa shape index (κ3) is 4.06. The highest BCUT2D eigenvalue weighted by molar-refractivity contribution is 5.99. The summed E-state index contributed by atoms with van der Waals surface area (Å²) in [7, 11) is 0. The van der Waals surface area contributed by atoms with Gasteiger partial charge in [-0.15, -0.1) is 0 Å². The van der Waals surface area contributed by atoms with E-state index in [1.54, 1.807) is 13.1 Å². The molecule has 3 heterocycles. The van der Waals surface area contributed by atoms with Crippen LogP contribution in [0, 0.1) is 30.1 Å². The summed E-state index contributed by atoms with van der Waals surface area (Å²) < 4.78 is 40.8. The highest BCUT2D eigenvalue weighted by Gasteiger charge is 2.53. The molecule has 1 fully saturated rings. The van der Waals surface area contributed by atoms with Gasteiger partial charge in [-0.05, 0) is 31.4 Å². The molecule has 2 aliphatic rings. The third-order valence-corrected chi connectivity index (χ3v) is 5.64. The van der Waals surface area contributed by atoms with Gasteiger partial charge in [0.1, 0.15) is 29.6 Å². The molecule has 8 nitrogen and oxygen atoms in total. The molecule has 3 rings (SSSR count). The van der Waals surface area contributed by atoms with Crippen LogP contribution >= 0.6 is 0 Å². The lowest BCUT2D eigenvalue weighted by Gasteiger charge is -2.37. The number of nitrogens with two attached hydrogens (primary N) is 2. The lowest BCUT2D eigenvalue weighted by Crippen LogP contribution is -2.50. The van der Waals surface area contributed by atoms with Gasteiger partial charge in [0.25, 0.3) is 0 Å². The summed E-state index contributed by atoms with van der Waals surface area (Å²) >= 11 is 0. The fraction of sp³-hybridized carbons (Fsp3) is 0.526. The van der Waals surface area contributed by atoms with Crippen molar-refractivity contribution >= 4 is 11.5 Å². The molecule has 0 radical (unpaired) electrons. The Hall–Kier alpha value is -2.84. The lowest BCUT2D eigenvalue weighted by molar-refractivity contribution is -0.200. The van der Waals surface area contributed by atoms with Crippen LogP contribution in [0.1, 0.15) is 24.1 Å². The molecule has 0 bridgehead atoms. The second-order valence-corrected chi connectivity index (χ2v) is 7.54. The van der Waals surface area contributed by atoms with Gasteiger partial charge in [-0.3, -0.25) is 0 Å². The quantitative estimate of drug-likeness (QED) is 0.552. The van der Waals surface area contributed by atoms with E-state index in [2.05, 4.69) is 9.98 Å². The minimum atomic E-state index is -4.84. The summed E-state index contributed by atoms with van der Waals surface area (Å²) in [6.07, 6.45) is -6.44. The molecule has 1 unspecified atom stereocenters. The van der Waals surface area contributed by atoms with Crippen molar-refractivity contribution in [1.29, 1.82) is 5.26 Å². The number of nitrogens with zero attached hydrogens (tertiary/aromatic N) is 4. The number of halogens is 3. The number of alkyl halides is 3. The summed E-state index contributed by atoms with van der Waals surface area (Å²) in [4.78, 5) is 9.67. The molecule has 30 heavy (non-hydrogen) atoms. The number of aliphatic hydroxyl groups excluding tert-OH is 2. The molecule has 0 saturated carbocycles. The van der Waals surface area contributed by atoms with Gasteiger partial charge in [0.15, 0.2) is 6.23 Å². The average molecular weight is 424 g/mol. The van der Waals surface area contributed by atoms with Crippen LogP contribution in [0.25, 0.3) is 0 Å². The zero-order valence-corrected chi connectivity index (χ0v) is 16.3. The van der Waals surface area contributed by atoms with Crippen LogP contribution in [0.15, 0.2) is 28.5 Å². The Balaban J connectivity index is 1.83. The van der Waals surface area contributed by atoms with E-state index in [4.69, 9.17) is 16.7 Å². The molecule has 1 aromatic heterocycles. The Morgan fingerprint density at radius 2 is 1.93 bits per heavy atom. The Labute approximate surface area is 171 Å². The number of amidine groups is 1. The fourth-order valence-electron chi connectivity index (χ4n) is 3.99. The Morgan fingerprint density at radius 1 is 1.30 bits per heavy atom. The van der Waals surface area contributed by atoms with Crippen molar-refractivity contribution in [2.24, 2.45) is 28.3 Å². The lowest BCUT2D eigenvalue weighted by atomic mass is 9.81. The van der Waals surface area contributed by atoms with Crippen LogP contribution in [-0.2, 0) is 0 Å². The first kappa shape index (κ1) is 21.9. The summed E-state index contributed by atoms with van der Waals surface area (Å²) in [5.74, 6) is -3.28. The molecule has 6 N–H and O–H groups in total. The number of aliphatic hydroxyl groups is 2. The smallest absolute Gasteiger partial charge is 0.398 e. The number of hydrogen-bond acceptors (Lipinski definition) is 8. The molecule has 3 atom stereocenters. The van der Waals surface area contributed by atoms with Crippen LogP contribution in [0.5, 0.6) is 0 Å². The van der Waals surface area contributed by atoms with Crippen LogP contribution in [0.3, 0.4) is 0 Å². The van der Waals surface area contributed by atoms with E-state index in [1.807, 2.05) is 17.0 Å². The van der Waals surface area contributed by atoms with Crippen molar-refractivity contribution in [2.75, 3.05) is 18.0 Å². The number of pyridine rings is 1. The van der Waals surface area contributed by atoms with Gasteiger partial charge in [0.2, 0.25) is 0 Å². The molecule has 2 aliphatic heterocycles. The number of nitriles is 1. The molecule has 1 saturated heterocycles. The number of rotatable bonds is 2. The first-order valence-corrected chi connectivity index (χ1v) is 9.42. The van der Waals surface area contributed by atoms with Crippen molar-refractivity contribution in [3.05, 3.63) is 34.8 Å². The van der Waals surface area contributed by atoms with E-state index < -0.39 is 35.8 Å². The monoisotopic (exact) mass is 424 g/mol. The first-order valence-electron chi connectivity index (χ1n) is 9.42. The van der Waals surface area contributed by atoms with Crippen LogP contribution < -0.4 is 16.4 Å². The maximum absolute atomic E-state index is 13.6. The number of allylic oxidation sites excluding steroid dienone is 1. The minimum Gasteiger partial charge on any atom is -0.401 e. The van der Waals surface area contributed by atoms with E-state index in [0.29, 0.717) is 31.6 Å². The molecule has 0 aliphatic carbocycles. The van der Waals surface area contributed by atoms with Gasteiger partial charge >= 0.3 is 6.18 Å². The van der Waals surface area contributed by atoms with E-state index in [0.717, 1.165) is 11.3 Å². The zero-order valence-electron chi connectivity index (χ0n) is 16.3. The standard InChI is InChI=1S/C19H23F3N6O2/c1-9-6-11(8-26-12(9)7-23)28-4-2-10(3-5-28)15(24)13-14(19(20,21)22)16(29)18(30)27-17(13)25/h6,8,10,14,16,18,29-30H,2-5,24H2,1H3,(H2,25,27)/t14-,16-,18?/m1/s1. The topological polar surface area (TPSA) is 145 Å². The van der Waals surface area contributed by atoms with Gasteiger partial charge in [-0.25, -0.2) is 9.98 Å². The molecular formula is C19H23F3N6O2. The number of piperidine rings is 1. The van der Waals surface area contributed by atoms with Gasteiger partial charge in [-0.1, -0.05) is 0 Å². The summed E-state index contributed by atoms with van der Waals surface area (Å²) in [5.41, 5.74) is 13.2. The molecule has 0 amide bonds. The number of hydrogen-bond donors (Lipinski definition) is 4. The van der Waals surface area contributed by atoms with Crippen molar-refractivity contribution in [3.8, 4) is 6.07 Å². The first-order chi connectivity index (χ1) is 14.0. The molecule has 11 heteroatoms. The molecule has 0 aromatic carbocycles. The number of aromatic nitrogens is 1. The highest BCUT2D eigenvalue weighted by atomic mass is 19.4. The van der Waals surface area contributed by atoms with Gasteiger partial charge in [0.05, 0.1) is 11.9 Å². The third-order valence-electron chi connectivity index (χ3n) is 5.64. The van der Waals surface area contributed by atoms with E-state index >= 15 is 0 Å². The van der Waals surface area contributed by atoms with Crippen LogP contribution in [-0.4, -0.2) is 52.6 Å². The van der Waals surface area contributed by atoms with Crippen molar-refractivity contribution in [1.82, 2.24) is 4.98 Å². The summed E-state index contributed by atoms with van der Waals surface area (Å²) in [6.45, 7) is 2.82. The molecule has 162 valence electrons. The zero-order chi connectivity index (χ0) is 22.2. The van der Waals surface area contributed by atoms with E-state index in [-0.39, 0.29) is 11.6 Å². The SMILES string of the molecule is Cc1cc(N2CCC(C(N)=C3C(N)=NC(O)[C@H](O)[C@@H]3C(F)(F)F)CC2)cnc1C#N. The highest BCUT2D eigenvalue weighted by Crippen LogP contribution is 2.41. The number of aryl methyl sites for hydroxylation is 1. The second-order valence-electron chi connectivity index (χ2n) is 7.54. The van der Waals surface area contributed by atoms with Crippen LogP contribution in [0.2, 0.25) is 0 Å². The van der Waals surface area contributed by atoms with E-state index in [1.165, 1.54) is 0 Å². The number of anilines is 1. The second kappa shape index (κ2) is 8.12. The molecule has 0 spiro atoms. The van der Waals surface area contributed by atoms with Gasteiger partial charge in [-0.2, -0.15) is 18.4 Å². The predicted molar refractivity (Wildman–Crippen MR) is 103 cm³/mol. The van der Waals surface area contributed by atoms with E-state index in [9.17, 15) is 23.4 Å². The average Bonchev–Trinajstić information content (AvgIpc) is 2.69. The fourth-order valence-corrected chi connectivity index (χ4v) is 3.99. The van der Waals surface area contributed by atoms with Gasteiger partial charge in [0, 0.05) is 30.3 Å². The van der Waals surface area contributed by atoms with Crippen molar-refractivity contribution < 1.29 is 23.4 Å². The molecular weight excluding hydrogens is 401 g/mol. The normalized spacial score (nSPS) is 27.4. The Bertz CT molecular complexity index is 916. The predicted octanol–water partition coefficient (Wildman–Crippen LogP) is 0.920. The Morgan fingerprint density at radius 3 is 2.47 bits per heavy atom. The largest absolute Gasteiger partial charge is 0.401 e. The van der Waals surface area contributed by atoms with Crippen molar-refractivity contribution in [2.45, 2.75) is 38.3 Å². The van der Waals surface area contributed by atoms with Crippen LogP contribution in [0.4, 0.5) is 18.9 Å².